The molecule has 2 N–H and O–H groups in total. The van der Waals surface area contributed by atoms with E-state index in [1.165, 1.54) is 5.69 Å². The fourth-order valence-electron chi connectivity index (χ4n) is 3.62. The number of hydrogen-bond donors (Lipinski definition) is 1. The van der Waals surface area contributed by atoms with Gasteiger partial charge in [0.05, 0.1) is 5.69 Å². The van der Waals surface area contributed by atoms with Gasteiger partial charge in [0.25, 0.3) is 0 Å². The van der Waals surface area contributed by atoms with E-state index < -0.39 is 11.8 Å². The third kappa shape index (κ3) is 3.81. The maximum Gasteiger partial charge on any atom is 0.231 e. The first-order valence-electron chi connectivity index (χ1n) is 9.45. The molecule has 28 heavy (non-hydrogen) atoms. The van der Waals surface area contributed by atoms with Gasteiger partial charge in [-0.05, 0) is 29.8 Å². The summed E-state index contributed by atoms with van der Waals surface area (Å²) in [6.07, 6.45) is 0. The molecule has 0 aliphatic carbocycles. The predicted molar refractivity (Wildman–Crippen MR) is 110 cm³/mol. The minimum atomic E-state index is -0.585. The molecule has 1 saturated heterocycles. The normalized spacial score (nSPS) is 15.3. The van der Waals surface area contributed by atoms with Crippen LogP contribution >= 0.6 is 0 Å². The second-order valence-corrected chi connectivity index (χ2v) is 6.87. The molecular weight excluding hydrogens is 350 g/mol. The molecule has 0 bridgehead atoms. The quantitative estimate of drug-likeness (QED) is 0.743. The number of piperazine rings is 1. The zero-order chi connectivity index (χ0) is 19.3. The standard InChI is InChI=1S/C22H23N5O/c23-22(28)21(17-7-3-1-4-8-17)19-11-12-20(25-24-19)27-15-13-26(14-16-27)18-9-5-2-6-10-18/h1-12,21H,13-16H2,(H2,23,28). The Morgan fingerprint density at radius 1 is 0.786 bits per heavy atom. The van der Waals surface area contributed by atoms with Crippen LogP contribution in [0.1, 0.15) is 17.2 Å². The van der Waals surface area contributed by atoms with Crippen LogP contribution in [-0.2, 0) is 4.79 Å². The first kappa shape index (κ1) is 18.0. The zero-order valence-corrected chi connectivity index (χ0v) is 15.6. The molecule has 6 heteroatoms. The molecule has 0 spiro atoms. The largest absolute Gasteiger partial charge is 0.369 e. The predicted octanol–water partition coefficient (Wildman–Crippen LogP) is 2.42. The van der Waals surface area contributed by atoms with Crippen LogP contribution in [0.4, 0.5) is 11.5 Å². The summed E-state index contributed by atoms with van der Waals surface area (Å²) in [5.41, 5.74) is 8.28. The van der Waals surface area contributed by atoms with Crippen LogP contribution < -0.4 is 15.5 Å². The average molecular weight is 373 g/mol. The van der Waals surface area contributed by atoms with Crippen molar-refractivity contribution in [1.82, 2.24) is 10.2 Å². The van der Waals surface area contributed by atoms with E-state index in [1.807, 2.05) is 48.5 Å². The van der Waals surface area contributed by atoms with Crippen molar-refractivity contribution in [3.63, 3.8) is 0 Å². The van der Waals surface area contributed by atoms with E-state index in [2.05, 4.69) is 44.3 Å². The number of nitrogens with zero attached hydrogens (tertiary/aromatic N) is 4. The van der Waals surface area contributed by atoms with Crippen LogP contribution in [0.25, 0.3) is 0 Å². The molecule has 1 amide bonds. The van der Waals surface area contributed by atoms with Crippen LogP contribution in [0.3, 0.4) is 0 Å². The van der Waals surface area contributed by atoms with E-state index in [4.69, 9.17) is 5.73 Å². The molecular formula is C22H23N5O. The van der Waals surface area contributed by atoms with Gasteiger partial charge in [0.15, 0.2) is 5.82 Å². The molecule has 6 nitrogen and oxygen atoms in total. The molecule has 2 aromatic carbocycles. The van der Waals surface area contributed by atoms with E-state index in [-0.39, 0.29) is 0 Å². The number of rotatable bonds is 5. The molecule has 1 unspecified atom stereocenters. The lowest BCUT2D eigenvalue weighted by molar-refractivity contribution is -0.118. The SMILES string of the molecule is NC(=O)C(c1ccccc1)c1ccc(N2CCN(c3ccccc3)CC2)nn1. The fourth-order valence-corrected chi connectivity index (χ4v) is 3.62. The Kier molecular flexibility index (Phi) is 5.19. The Bertz CT molecular complexity index is 907. The van der Waals surface area contributed by atoms with Crippen molar-refractivity contribution < 1.29 is 4.79 Å². The number of carbonyl (C=O) groups is 1. The molecule has 1 aliphatic heterocycles. The molecule has 4 rings (SSSR count). The molecule has 0 saturated carbocycles. The average Bonchev–Trinajstić information content (AvgIpc) is 2.76. The summed E-state index contributed by atoms with van der Waals surface area (Å²) in [4.78, 5) is 16.6. The second-order valence-electron chi connectivity index (χ2n) is 6.87. The molecule has 1 fully saturated rings. The number of primary amides is 1. The number of benzene rings is 2. The molecule has 1 atom stereocenters. The van der Waals surface area contributed by atoms with Crippen molar-refractivity contribution in [2.75, 3.05) is 36.0 Å². The summed E-state index contributed by atoms with van der Waals surface area (Å²) < 4.78 is 0. The van der Waals surface area contributed by atoms with E-state index in [0.29, 0.717) is 5.69 Å². The Morgan fingerprint density at radius 3 is 1.96 bits per heavy atom. The topological polar surface area (TPSA) is 75.4 Å². The lowest BCUT2D eigenvalue weighted by atomic mass is 9.95. The zero-order valence-electron chi connectivity index (χ0n) is 15.6. The van der Waals surface area contributed by atoms with Crippen molar-refractivity contribution in [3.8, 4) is 0 Å². The molecule has 1 aliphatic rings. The first-order chi connectivity index (χ1) is 13.7. The van der Waals surface area contributed by atoms with Crippen molar-refractivity contribution in [2.24, 2.45) is 5.73 Å². The summed E-state index contributed by atoms with van der Waals surface area (Å²) in [5.74, 6) is -0.185. The summed E-state index contributed by atoms with van der Waals surface area (Å²) in [6.45, 7) is 3.62. The lowest BCUT2D eigenvalue weighted by Crippen LogP contribution is -2.46. The minimum Gasteiger partial charge on any atom is -0.369 e. The molecule has 142 valence electrons. The number of aromatic nitrogens is 2. The summed E-state index contributed by atoms with van der Waals surface area (Å²) in [5, 5.41) is 8.70. The Balaban J connectivity index is 1.46. The molecule has 2 heterocycles. The monoisotopic (exact) mass is 373 g/mol. The second kappa shape index (κ2) is 8.08. The maximum atomic E-state index is 12.0. The number of anilines is 2. The van der Waals surface area contributed by atoms with Crippen LogP contribution in [-0.4, -0.2) is 42.3 Å². The van der Waals surface area contributed by atoms with Crippen LogP contribution in [0.5, 0.6) is 0 Å². The van der Waals surface area contributed by atoms with Gasteiger partial charge in [-0.1, -0.05) is 48.5 Å². The highest BCUT2D eigenvalue weighted by Crippen LogP contribution is 2.24. The first-order valence-corrected chi connectivity index (χ1v) is 9.45. The minimum absolute atomic E-state index is 0.426. The Morgan fingerprint density at radius 2 is 1.39 bits per heavy atom. The van der Waals surface area contributed by atoms with Crippen molar-refractivity contribution in [2.45, 2.75) is 5.92 Å². The van der Waals surface area contributed by atoms with Crippen LogP contribution in [0.2, 0.25) is 0 Å². The number of carbonyl (C=O) groups excluding carboxylic acids is 1. The number of amides is 1. The van der Waals surface area contributed by atoms with Gasteiger partial charge in [0.2, 0.25) is 5.91 Å². The number of nitrogens with two attached hydrogens (primary N) is 1. The van der Waals surface area contributed by atoms with E-state index in [1.54, 1.807) is 0 Å². The van der Waals surface area contributed by atoms with Gasteiger partial charge in [-0.25, -0.2) is 0 Å². The Hall–Kier alpha value is -3.41. The summed E-state index contributed by atoms with van der Waals surface area (Å²) >= 11 is 0. The lowest BCUT2D eigenvalue weighted by Gasteiger charge is -2.36. The van der Waals surface area contributed by atoms with E-state index in [9.17, 15) is 4.79 Å². The van der Waals surface area contributed by atoms with E-state index >= 15 is 0 Å². The van der Waals surface area contributed by atoms with Crippen molar-refractivity contribution in [1.29, 1.82) is 0 Å². The van der Waals surface area contributed by atoms with Gasteiger partial charge in [0.1, 0.15) is 5.92 Å². The van der Waals surface area contributed by atoms with Gasteiger partial charge in [-0.3, -0.25) is 4.79 Å². The number of para-hydroxylation sites is 1. The number of hydrogen-bond acceptors (Lipinski definition) is 5. The van der Waals surface area contributed by atoms with Gasteiger partial charge in [-0.2, -0.15) is 5.10 Å². The van der Waals surface area contributed by atoms with Gasteiger partial charge in [0, 0.05) is 31.9 Å². The fraction of sp³-hybridized carbons (Fsp3) is 0.227. The molecule has 3 aromatic rings. The maximum absolute atomic E-state index is 12.0. The van der Waals surface area contributed by atoms with Crippen molar-refractivity contribution in [3.05, 3.63) is 84.1 Å². The third-order valence-corrected chi connectivity index (χ3v) is 5.11. The smallest absolute Gasteiger partial charge is 0.231 e. The molecule has 0 radical (unpaired) electrons. The van der Waals surface area contributed by atoms with Gasteiger partial charge < -0.3 is 15.5 Å². The Labute approximate surface area is 164 Å². The van der Waals surface area contributed by atoms with Gasteiger partial charge >= 0.3 is 0 Å². The molecule has 1 aromatic heterocycles. The van der Waals surface area contributed by atoms with Gasteiger partial charge in [-0.15, -0.1) is 5.10 Å². The summed E-state index contributed by atoms with van der Waals surface area (Å²) in [6, 6.07) is 23.7. The van der Waals surface area contributed by atoms with Crippen LogP contribution in [0.15, 0.2) is 72.8 Å². The highest BCUT2D eigenvalue weighted by atomic mass is 16.1. The highest BCUT2D eigenvalue weighted by molar-refractivity contribution is 5.85. The highest BCUT2D eigenvalue weighted by Gasteiger charge is 2.23. The van der Waals surface area contributed by atoms with Crippen LogP contribution in [0, 0.1) is 0 Å². The summed E-state index contributed by atoms with van der Waals surface area (Å²) in [7, 11) is 0. The third-order valence-electron chi connectivity index (χ3n) is 5.11. The van der Waals surface area contributed by atoms with Crippen molar-refractivity contribution >= 4 is 17.4 Å². The van der Waals surface area contributed by atoms with E-state index in [0.717, 1.165) is 37.6 Å².